The standard InChI is InChI=1S/C10H9ClF2O/c1-14-6-2-3-7(9(11)4-6)8-5-10(8,12)13/h2-4,8H,5H2,1H3. The number of benzene rings is 1. The van der Waals surface area contributed by atoms with Crippen molar-refractivity contribution in [2.24, 2.45) is 0 Å². The quantitative estimate of drug-likeness (QED) is 0.739. The van der Waals surface area contributed by atoms with Gasteiger partial charge in [0.05, 0.1) is 13.0 Å². The number of halogens is 3. The Morgan fingerprint density at radius 3 is 2.57 bits per heavy atom. The fraction of sp³-hybridized carbons (Fsp3) is 0.400. The number of hydrogen-bond donors (Lipinski definition) is 0. The van der Waals surface area contributed by atoms with Crippen LogP contribution in [0.3, 0.4) is 0 Å². The van der Waals surface area contributed by atoms with E-state index in [1.807, 2.05) is 0 Å². The Hall–Kier alpha value is -0.830. The molecule has 1 aromatic carbocycles. The second-order valence-electron chi connectivity index (χ2n) is 3.41. The van der Waals surface area contributed by atoms with Crippen LogP contribution in [0, 0.1) is 0 Å². The monoisotopic (exact) mass is 218 g/mol. The summed E-state index contributed by atoms with van der Waals surface area (Å²) in [5.74, 6) is -2.69. The third-order valence-corrected chi connectivity index (χ3v) is 2.74. The lowest BCUT2D eigenvalue weighted by Gasteiger charge is -2.05. The summed E-state index contributed by atoms with van der Waals surface area (Å²) in [7, 11) is 1.51. The molecular weight excluding hydrogens is 210 g/mol. The van der Waals surface area contributed by atoms with Gasteiger partial charge in [0.2, 0.25) is 0 Å². The molecule has 1 aliphatic rings. The molecule has 1 saturated carbocycles. The van der Waals surface area contributed by atoms with Crippen molar-refractivity contribution in [2.45, 2.75) is 18.3 Å². The minimum absolute atomic E-state index is 0.0982. The summed E-state index contributed by atoms with van der Waals surface area (Å²) in [6.07, 6.45) is -0.0982. The van der Waals surface area contributed by atoms with Crippen molar-refractivity contribution in [1.82, 2.24) is 0 Å². The van der Waals surface area contributed by atoms with E-state index in [0.29, 0.717) is 16.3 Å². The molecule has 0 heterocycles. The van der Waals surface area contributed by atoms with Crippen LogP contribution in [0.5, 0.6) is 5.75 Å². The summed E-state index contributed by atoms with van der Waals surface area (Å²) in [6.45, 7) is 0. The molecule has 1 aromatic rings. The van der Waals surface area contributed by atoms with Gasteiger partial charge in [0.1, 0.15) is 5.75 Å². The van der Waals surface area contributed by atoms with Crippen LogP contribution in [-0.4, -0.2) is 13.0 Å². The molecule has 0 saturated heterocycles. The van der Waals surface area contributed by atoms with Gasteiger partial charge in [-0.2, -0.15) is 0 Å². The molecule has 4 heteroatoms. The molecule has 0 spiro atoms. The summed E-state index contributed by atoms with van der Waals surface area (Å²) in [5, 5.41) is 0.353. The van der Waals surface area contributed by atoms with Crippen LogP contribution in [0.15, 0.2) is 18.2 Å². The molecule has 14 heavy (non-hydrogen) atoms. The predicted molar refractivity (Wildman–Crippen MR) is 50.3 cm³/mol. The molecule has 1 aliphatic carbocycles. The smallest absolute Gasteiger partial charge is 0.255 e. The van der Waals surface area contributed by atoms with Crippen LogP contribution in [0.25, 0.3) is 0 Å². The molecule has 0 aromatic heterocycles. The molecule has 1 fully saturated rings. The van der Waals surface area contributed by atoms with Gasteiger partial charge in [0, 0.05) is 11.4 Å². The van der Waals surface area contributed by atoms with Gasteiger partial charge in [-0.3, -0.25) is 0 Å². The first kappa shape index (κ1) is 9.71. The van der Waals surface area contributed by atoms with Crippen molar-refractivity contribution >= 4 is 11.6 Å². The SMILES string of the molecule is COc1ccc(C2CC2(F)F)c(Cl)c1. The van der Waals surface area contributed by atoms with Crippen molar-refractivity contribution in [2.75, 3.05) is 7.11 Å². The van der Waals surface area contributed by atoms with E-state index >= 15 is 0 Å². The van der Waals surface area contributed by atoms with Crippen LogP contribution in [0.1, 0.15) is 17.9 Å². The highest BCUT2D eigenvalue weighted by atomic mass is 35.5. The predicted octanol–water partition coefficient (Wildman–Crippen LogP) is 3.47. The number of ether oxygens (including phenoxy) is 1. The van der Waals surface area contributed by atoms with Gasteiger partial charge in [-0.25, -0.2) is 8.78 Å². The Balaban J connectivity index is 2.28. The fourth-order valence-corrected chi connectivity index (χ4v) is 1.77. The average molecular weight is 219 g/mol. The van der Waals surface area contributed by atoms with Gasteiger partial charge in [-0.1, -0.05) is 17.7 Å². The van der Waals surface area contributed by atoms with Crippen LogP contribution >= 0.6 is 11.6 Å². The summed E-state index contributed by atoms with van der Waals surface area (Å²) in [4.78, 5) is 0. The van der Waals surface area contributed by atoms with Gasteiger partial charge in [-0.15, -0.1) is 0 Å². The summed E-state index contributed by atoms with van der Waals surface area (Å²) in [5.41, 5.74) is 0.512. The van der Waals surface area contributed by atoms with E-state index in [9.17, 15) is 8.78 Å². The lowest BCUT2D eigenvalue weighted by molar-refractivity contribution is 0.112. The third-order valence-electron chi connectivity index (χ3n) is 2.41. The Morgan fingerprint density at radius 1 is 1.50 bits per heavy atom. The van der Waals surface area contributed by atoms with Gasteiger partial charge in [0.25, 0.3) is 5.92 Å². The van der Waals surface area contributed by atoms with E-state index in [2.05, 4.69) is 0 Å². The van der Waals surface area contributed by atoms with Crippen molar-refractivity contribution < 1.29 is 13.5 Å². The number of rotatable bonds is 2. The molecule has 1 unspecified atom stereocenters. The van der Waals surface area contributed by atoms with Gasteiger partial charge in [0.15, 0.2) is 0 Å². The maximum Gasteiger partial charge on any atom is 0.255 e. The molecule has 0 amide bonds. The average Bonchev–Trinajstić information content (AvgIpc) is 2.74. The number of methoxy groups -OCH3 is 1. The van der Waals surface area contributed by atoms with E-state index in [0.717, 1.165) is 0 Å². The Kier molecular flexibility index (Phi) is 2.14. The Bertz CT molecular complexity index is 365. The normalized spacial score (nSPS) is 23.3. The first-order valence-electron chi connectivity index (χ1n) is 4.26. The minimum Gasteiger partial charge on any atom is -0.497 e. The summed E-state index contributed by atoms with van der Waals surface area (Å²) >= 11 is 5.86. The molecule has 1 atom stereocenters. The molecule has 0 aliphatic heterocycles. The highest BCUT2D eigenvalue weighted by molar-refractivity contribution is 6.31. The maximum absolute atomic E-state index is 12.8. The van der Waals surface area contributed by atoms with E-state index in [-0.39, 0.29) is 6.42 Å². The summed E-state index contributed by atoms with van der Waals surface area (Å²) < 4.78 is 30.4. The number of alkyl halides is 2. The first-order chi connectivity index (χ1) is 6.54. The third kappa shape index (κ3) is 1.57. The molecule has 0 bridgehead atoms. The van der Waals surface area contributed by atoms with Crippen LogP contribution in [-0.2, 0) is 0 Å². The van der Waals surface area contributed by atoms with Crippen LogP contribution in [0.4, 0.5) is 8.78 Å². The Morgan fingerprint density at radius 2 is 2.14 bits per heavy atom. The number of hydrogen-bond acceptors (Lipinski definition) is 1. The highest BCUT2D eigenvalue weighted by Crippen LogP contribution is 2.57. The van der Waals surface area contributed by atoms with Crippen LogP contribution < -0.4 is 4.74 Å². The van der Waals surface area contributed by atoms with E-state index in [1.165, 1.54) is 7.11 Å². The zero-order chi connectivity index (χ0) is 10.3. The van der Waals surface area contributed by atoms with Gasteiger partial charge < -0.3 is 4.74 Å². The molecular formula is C10H9ClF2O. The topological polar surface area (TPSA) is 9.23 Å². The Labute approximate surface area is 85.6 Å². The van der Waals surface area contributed by atoms with Crippen molar-refractivity contribution in [1.29, 1.82) is 0 Å². The van der Waals surface area contributed by atoms with E-state index in [4.69, 9.17) is 16.3 Å². The first-order valence-corrected chi connectivity index (χ1v) is 4.63. The zero-order valence-electron chi connectivity index (χ0n) is 7.56. The lowest BCUT2D eigenvalue weighted by atomic mass is 10.1. The summed E-state index contributed by atoms with van der Waals surface area (Å²) in [6, 6.07) is 4.81. The van der Waals surface area contributed by atoms with Crippen molar-refractivity contribution in [3.63, 3.8) is 0 Å². The maximum atomic E-state index is 12.8. The van der Waals surface area contributed by atoms with Gasteiger partial charge >= 0.3 is 0 Å². The van der Waals surface area contributed by atoms with Gasteiger partial charge in [-0.05, 0) is 17.7 Å². The molecule has 2 rings (SSSR count). The van der Waals surface area contributed by atoms with Crippen LogP contribution in [0.2, 0.25) is 5.02 Å². The van der Waals surface area contributed by atoms with Crippen molar-refractivity contribution in [3.05, 3.63) is 28.8 Å². The molecule has 76 valence electrons. The fourth-order valence-electron chi connectivity index (χ4n) is 1.47. The lowest BCUT2D eigenvalue weighted by Crippen LogP contribution is -1.94. The molecule has 0 radical (unpaired) electrons. The highest BCUT2D eigenvalue weighted by Gasteiger charge is 2.58. The second-order valence-corrected chi connectivity index (χ2v) is 3.81. The second kappa shape index (κ2) is 3.09. The van der Waals surface area contributed by atoms with Crippen molar-refractivity contribution in [3.8, 4) is 5.75 Å². The largest absolute Gasteiger partial charge is 0.497 e. The van der Waals surface area contributed by atoms with E-state index in [1.54, 1.807) is 18.2 Å². The molecule has 1 nitrogen and oxygen atoms in total. The minimum atomic E-state index is -2.57. The van der Waals surface area contributed by atoms with E-state index < -0.39 is 11.8 Å². The molecule has 0 N–H and O–H groups in total. The zero-order valence-corrected chi connectivity index (χ0v) is 8.31.